The molecule has 0 bridgehead atoms. The molecule has 1 heterocycles. The highest BCUT2D eigenvalue weighted by Crippen LogP contribution is 2.12. The van der Waals surface area contributed by atoms with Crippen molar-refractivity contribution < 1.29 is 14.7 Å². The fraction of sp³-hybridized carbons (Fsp3) is 0.455. The summed E-state index contributed by atoms with van der Waals surface area (Å²) < 4.78 is 0. The Bertz CT molecular complexity index is 426. The number of aryl methyl sites for hydroxylation is 1. The van der Waals surface area contributed by atoms with Crippen LogP contribution in [0.5, 0.6) is 0 Å². The number of carbonyl (C=O) groups excluding carboxylic acids is 1. The first kappa shape index (κ1) is 13.5. The van der Waals surface area contributed by atoms with Gasteiger partial charge in [0.05, 0.1) is 0 Å². The van der Waals surface area contributed by atoms with Crippen LogP contribution in [0.4, 0.5) is 4.79 Å². The minimum Gasteiger partial charge on any atom is -0.480 e. The topological polar surface area (TPSA) is 78.4 Å². The summed E-state index contributed by atoms with van der Waals surface area (Å²) in [6.45, 7) is 5.24. The largest absolute Gasteiger partial charge is 0.480 e. The third-order valence-corrected chi connectivity index (χ3v) is 3.27. The van der Waals surface area contributed by atoms with Gasteiger partial charge < -0.3 is 15.7 Å². The maximum Gasteiger partial charge on any atom is 0.328 e. The molecule has 17 heavy (non-hydrogen) atoms. The number of rotatable bonds is 4. The Morgan fingerprint density at radius 3 is 2.53 bits per heavy atom. The fourth-order valence-electron chi connectivity index (χ4n) is 1.12. The minimum atomic E-state index is -1.27. The van der Waals surface area contributed by atoms with Gasteiger partial charge in [-0.2, -0.15) is 11.3 Å². The number of thiophene rings is 1. The number of hydrogen-bond donors (Lipinski definition) is 3. The van der Waals surface area contributed by atoms with Crippen molar-refractivity contribution in [2.45, 2.75) is 32.9 Å². The molecule has 94 valence electrons. The van der Waals surface area contributed by atoms with Crippen LogP contribution in [0.15, 0.2) is 10.8 Å². The van der Waals surface area contributed by atoms with Crippen LogP contribution in [0.2, 0.25) is 0 Å². The molecule has 0 radical (unpaired) electrons. The second kappa shape index (κ2) is 5.18. The number of carboxylic acids is 1. The molecular formula is C11H16N2O3S. The first-order valence-electron chi connectivity index (χ1n) is 5.14. The number of aliphatic carboxylic acids is 1. The molecule has 1 rings (SSSR count). The van der Waals surface area contributed by atoms with Crippen molar-refractivity contribution in [1.82, 2.24) is 10.6 Å². The van der Waals surface area contributed by atoms with E-state index in [4.69, 9.17) is 5.11 Å². The van der Waals surface area contributed by atoms with Gasteiger partial charge in [0, 0.05) is 6.54 Å². The summed E-state index contributed by atoms with van der Waals surface area (Å²) in [5, 5.41) is 17.8. The molecule has 3 N–H and O–H groups in total. The molecule has 0 fully saturated rings. The van der Waals surface area contributed by atoms with E-state index in [0.717, 1.165) is 11.1 Å². The summed E-state index contributed by atoms with van der Waals surface area (Å²) in [5.41, 5.74) is 0.888. The molecule has 1 aromatic rings. The number of carbonyl (C=O) groups is 2. The standard InChI is InChI=1S/C11H16N2O3S/c1-7-5-17-6-8(7)4-12-10(16)13-11(2,3)9(14)15/h5-6H,4H2,1-3H3,(H,14,15)(H2,12,13,16). The molecule has 5 nitrogen and oxygen atoms in total. The van der Waals surface area contributed by atoms with Crippen molar-refractivity contribution >= 4 is 23.3 Å². The van der Waals surface area contributed by atoms with Crippen LogP contribution in [-0.2, 0) is 11.3 Å². The highest BCUT2D eigenvalue weighted by atomic mass is 32.1. The van der Waals surface area contributed by atoms with Crippen molar-refractivity contribution in [2.75, 3.05) is 0 Å². The monoisotopic (exact) mass is 256 g/mol. The minimum absolute atomic E-state index is 0.400. The Labute approximate surface area is 104 Å². The summed E-state index contributed by atoms with van der Waals surface area (Å²) in [7, 11) is 0. The van der Waals surface area contributed by atoms with Gasteiger partial charge >= 0.3 is 12.0 Å². The average molecular weight is 256 g/mol. The van der Waals surface area contributed by atoms with Gasteiger partial charge in [-0.1, -0.05) is 0 Å². The summed E-state index contributed by atoms with van der Waals surface area (Å²) in [4.78, 5) is 22.3. The first-order valence-corrected chi connectivity index (χ1v) is 6.08. The van der Waals surface area contributed by atoms with Gasteiger partial charge in [0.25, 0.3) is 0 Å². The number of hydrogen-bond acceptors (Lipinski definition) is 3. The van der Waals surface area contributed by atoms with E-state index < -0.39 is 17.5 Å². The van der Waals surface area contributed by atoms with Crippen LogP contribution in [0, 0.1) is 6.92 Å². The molecular weight excluding hydrogens is 240 g/mol. The third kappa shape index (κ3) is 3.74. The SMILES string of the molecule is Cc1cscc1CNC(=O)NC(C)(C)C(=O)O. The zero-order valence-electron chi connectivity index (χ0n) is 10.0. The maximum absolute atomic E-state index is 11.5. The Balaban J connectivity index is 2.46. The van der Waals surface area contributed by atoms with Crippen LogP contribution < -0.4 is 10.6 Å². The molecule has 0 aromatic carbocycles. The van der Waals surface area contributed by atoms with E-state index in [2.05, 4.69) is 10.6 Å². The number of nitrogens with one attached hydrogen (secondary N) is 2. The summed E-state index contributed by atoms with van der Waals surface area (Å²) in [6.07, 6.45) is 0. The van der Waals surface area contributed by atoms with E-state index in [0.29, 0.717) is 6.54 Å². The smallest absolute Gasteiger partial charge is 0.328 e. The second-order valence-corrected chi connectivity index (χ2v) is 5.06. The van der Waals surface area contributed by atoms with Crippen LogP contribution in [-0.4, -0.2) is 22.6 Å². The molecule has 0 aliphatic heterocycles. The molecule has 0 aliphatic carbocycles. The molecule has 0 atom stereocenters. The quantitative estimate of drug-likeness (QED) is 0.767. The van der Waals surface area contributed by atoms with Crippen LogP contribution in [0.1, 0.15) is 25.0 Å². The van der Waals surface area contributed by atoms with Crippen molar-refractivity contribution in [1.29, 1.82) is 0 Å². The number of urea groups is 1. The van der Waals surface area contributed by atoms with E-state index in [9.17, 15) is 9.59 Å². The van der Waals surface area contributed by atoms with Crippen molar-refractivity contribution in [3.05, 3.63) is 21.9 Å². The Kier molecular flexibility index (Phi) is 4.11. The van der Waals surface area contributed by atoms with Crippen molar-refractivity contribution in [3.8, 4) is 0 Å². The lowest BCUT2D eigenvalue weighted by Crippen LogP contribution is -2.52. The van der Waals surface area contributed by atoms with E-state index in [1.54, 1.807) is 11.3 Å². The lowest BCUT2D eigenvalue weighted by atomic mass is 10.1. The lowest BCUT2D eigenvalue weighted by molar-refractivity contribution is -0.142. The van der Waals surface area contributed by atoms with Crippen molar-refractivity contribution in [2.24, 2.45) is 0 Å². The number of carboxylic acid groups (broad SMARTS) is 1. The third-order valence-electron chi connectivity index (χ3n) is 2.36. The molecule has 0 spiro atoms. The normalized spacial score (nSPS) is 11.0. The van der Waals surface area contributed by atoms with Gasteiger partial charge in [-0.3, -0.25) is 0 Å². The predicted molar refractivity (Wildman–Crippen MR) is 66.1 cm³/mol. The van der Waals surface area contributed by atoms with Crippen LogP contribution >= 0.6 is 11.3 Å². The highest BCUT2D eigenvalue weighted by molar-refractivity contribution is 7.08. The first-order chi connectivity index (χ1) is 7.83. The van der Waals surface area contributed by atoms with Gasteiger partial charge in [0.15, 0.2) is 0 Å². The zero-order valence-corrected chi connectivity index (χ0v) is 10.9. The summed E-state index contributed by atoms with van der Waals surface area (Å²) in [5.74, 6) is -1.07. The molecule has 0 saturated carbocycles. The highest BCUT2D eigenvalue weighted by Gasteiger charge is 2.28. The average Bonchev–Trinajstić information content (AvgIpc) is 2.60. The van der Waals surface area contributed by atoms with Crippen LogP contribution in [0.3, 0.4) is 0 Å². The van der Waals surface area contributed by atoms with Gasteiger partial charge in [0.2, 0.25) is 0 Å². The van der Waals surface area contributed by atoms with Gasteiger partial charge in [-0.05, 0) is 42.7 Å². The Morgan fingerprint density at radius 2 is 2.06 bits per heavy atom. The number of amides is 2. The molecule has 0 unspecified atom stereocenters. The van der Waals surface area contributed by atoms with E-state index in [-0.39, 0.29) is 0 Å². The van der Waals surface area contributed by atoms with Gasteiger partial charge in [-0.15, -0.1) is 0 Å². The lowest BCUT2D eigenvalue weighted by Gasteiger charge is -2.21. The van der Waals surface area contributed by atoms with Gasteiger partial charge in [0.1, 0.15) is 5.54 Å². The van der Waals surface area contributed by atoms with Gasteiger partial charge in [-0.25, -0.2) is 9.59 Å². The molecule has 6 heteroatoms. The Morgan fingerprint density at radius 1 is 1.41 bits per heavy atom. The summed E-state index contributed by atoms with van der Waals surface area (Å²) in [6, 6.07) is -0.483. The maximum atomic E-state index is 11.5. The molecule has 1 aromatic heterocycles. The van der Waals surface area contributed by atoms with Crippen LogP contribution in [0.25, 0.3) is 0 Å². The second-order valence-electron chi connectivity index (χ2n) is 4.32. The van der Waals surface area contributed by atoms with E-state index in [1.165, 1.54) is 13.8 Å². The van der Waals surface area contributed by atoms with E-state index in [1.807, 2.05) is 17.7 Å². The molecule has 0 aliphatic rings. The predicted octanol–water partition coefficient (Wildman–Crippen LogP) is 1.72. The Hall–Kier alpha value is -1.56. The molecule has 0 saturated heterocycles. The summed E-state index contributed by atoms with van der Waals surface area (Å²) >= 11 is 1.57. The molecule has 2 amide bonds. The zero-order chi connectivity index (χ0) is 13.1. The fourth-order valence-corrected chi connectivity index (χ4v) is 1.98. The van der Waals surface area contributed by atoms with E-state index >= 15 is 0 Å². The van der Waals surface area contributed by atoms with Crippen molar-refractivity contribution in [3.63, 3.8) is 0 Å².